The van der Waals surface area contributed by atoms with Crippen molar-refractivity contribution < 1.29 is 4.21 Å². The summed E-state index contributed by atoms with van der Waals surface area (Å²) < 4.78 is 12.0. The van der Waals surface area contributed by atoms with Crippen molar-refractivity contribution >= 4 is 28.0 Å². The predicted octanol–water partition coefficient (Wildman–Crippen LogP) is 1.76. The molecule has 92 valence electrons. The van der Waals surface area contributed by atoms with Crippen LogP contribution in [0.3, 0.4) is 0 Å². The average Bonchev–Trinajstić information content (AvgIpc) is 2.39. The zero-order valence-electron chi connectivity index (χ0n) is 9.81. The Morgan fingerprint density at radius 2 is 2.18 bits per heavy atom. The zero-order chi connectivity index (χ0) is 12.3. The number of nitrogens with one attached hydrogen (secondary N) is 1. The highest BCUT2D eigenvalue weighted by Crippen LogP contribution is 2.38. The molecule has 1 aliphatic rings. The fourth-order valence-electron chi connectivity index (χ4n) is 2.34. The molecule has 1 aliphatic heterocycles. The average molecular weight is 268 g/mol. The van der Waals surface area contributed by atoms with Gasteiger partial charge in [-0.15, -0.1) is 0 Å². The summed E-state index contributed by atoms with van der Waals surface area (Å²) in [6.45, 7) is 0. The number of nitrogens with zero attached hydrogens (tertiary/aromatic N) is 1. The molecule has 1 unspecified atom stereocenters. The van der Waals surface area contributed by atoms with Crippen molar-refractivity contribution in [3.63, 3.8) is 0 Å². The van der Waals surface area contributed by atoms with Crippen LogP contribution in [0.15, 0.2) is 24.5 Å². The van der Waals surface area contributed by atoms with Crippen LogP contribution in [0, 0.1) is 0 Å². The van der Waals surface area contributed by atoms with E-state index in [1.807, 2.05) is 12.1 Å². The molecule has 5 heteroatoms. The van der Waals surface area contributed by atoms with Crippen LogP contribution < -0.4 is 5.32 Å². The summed E-state index contributed by atoms with van der Waals surface area (Å²) in [6, 6.07) is 3.85. The molecule has 2 heterocycles. The van der Waals surface area contributed by atoms with Gasteiger partial charge in [0.2, 0.25) is 0 Å². The van der Waals surface area contributed by atoms with Gasteiger partial charge >= 0.3 is 0 Å². The molecule has 1 aromatic rings. The Hall–Kier alpha value is -0.810. The lowest BCUT2D eigenvalue weighted by Crippen LogP contribution is -2.47. The van der Waals surface area contributed by atoms with Crippen LogP contribution in [0.25, 0.3) is 0 Å². The van der Waals surface area contributed by atoms with Crippen molar-refractivity contribution in [3.8, 4) is 0 Å². The summed E-state index contributed by atoms with van der Waals surface area (Å²) in [5, 5.41) is 3.02. The lowest BCUT2D eigenvalue weighted by Gasteiger charge is -2.37. The Morgan fingerprint density at radius 1 is 1.47 bits per heavy atom. The fourth-order valence-corrected chi connectivity index (χ4v) is 4.74. The summed E-state index contributed by atoms with van der Waals surface area (Å²) >= 11 is 5.42. The Balaban J connectivity index is 2.50. The SMILES string of the molecule is CNC(=S)[C@]1(c2ccncc2)CCCCS1=O. The van der Waals surface area contributed by atoms with Gasteiger partial charge in [-0.2, -0.15) is 0 Å². The highest BCUT2D eigenvalue weighted by atomic mass is 32.2. The van der Waals surface area contributed by atoms with Gasteiger partial charge in [0.25, 0.3) is 0 Å². The molecule has 0 bridgehead atoms. The van der Waals surface area contributed by atoms with Crippen LogP contribution >= 0.6 is 12.2 Å². The Bertz CT molecular complexity index is 425. The third-order valence-corrected chi connectivity index (χ3v) is 6.00. The normalized spacial score (nSPS) is 28.6. The molecule has 0 amide bonds. The number of aromatic nitrogens is 1. The molecule has 0 radical (unpaired) electrons. The van der Waals surface area contributed by atoms with Gasteiger partial charge in [-0.25, -0.2) is 0 Å². The van der Waals surface area contributed by atoms with Crippen LogP contribution in [0.1, 0.15) is 24.8 Å². The van der Waals surface area contributed by atoms with Crippen LogP contribution in [-0.2, 0) is 15.5 Å². The highest BCUT2D eigenvalue weighted by Gasteiger charge is 2.44. The Labute approximate surface area is 109 Å². The van der Waals surface area contributed by atoms with E-state index in [1.54, 1.807) is 19.4 Å². The van der Waals surface area contributed by atoms with E-state index in [2.05, 4.69) is 10.3 Å². The number of rotatable bonds is 2. The molecule has 1 N–H and O–H groups in total. The number of pyridine rings is 1. The summed E-state index contributed by atoms with van der Waals surface area (Å²) in [7, 11) is 0.854. The first-order valence-electron chi connectivity index (χ1n) is 5.73. The van der Waals surface area contributed by atoms with Crippen molar-refractivity contribution in [2.45, 2.75) is 24.0 Å². The van der Waals surface area contributed by atoms with Gasteiger partial charge in [-0.05, 0) is 30.5 Å². The van der Waals surface area contributed by atoms with E-state index in [0.29, 0.717) is 4.99 Å². The number of hydrogen-bond acceptors (Lipinski definition) is 3. The van der Waals surface area contributed by atoms with Gasteiger partial charge in [0.05, 0.1) is 4.99 Å². The highest BCUT2D eigenvalue weighted by molar-refractivity contribution is 7.90. The first kappa shape index (κ1) is 12.6. The second kappa shape index (κ2) is 5.23. The predicted molar refractivity (Wildman–Crippen MR) is 74.4 cm³/mol. The minimum atomic E-state index is -0.949. The van der Waals surface area contributed by atoms with Gasteiger partial charge < -0.3 is 5.32 Å². The molecule has 3 nitrogen and oxygen atoms in total. The van der Waals surface area contributed by atoms with E-state index >= 15 is 0 Å². The summed E-state index contributed by atoms with van der Waals surface area (Å²) in [4.78, 5) is 4.70. The third-order valence-electron chi connectivity index (χ3n) is 3.24. The lowest BCUT2D eigenvalue weighted by molar-refractivity contribution is 0.574. The van der Waals surface area contributed by atoms with Gasteiger partial charge in [-0.3, -0.25) is 9.19 Å². The summed E-state index contributed by atoms with van der Waals surface area (Å²) in [6.07, 6.45) is 6.41. The molecule has 0 aliphatic carbocycles. The van der Waals surface area contributed by atoms with Crippen molar-refractivity contribution in [2.75, 3.05) is 12.8 Å². The molecule has 1 saturated heterocycles. The molecule has 1 fully saturated rings. The van der Waals surface area contributed by atoms with E-state index in [4.69, 9.17) is 12.2 Å². The van der Waals surface area contributed by atoms with Gasteiger partial charge in [-0.1, -0.05) is 18.6 Å². The van der Waals surface area contributed by atoms with Gasteiger partial charge in [0.1, 0.15) is 4.75 Å². The number of thiocarbonyl (C=S) groups is 1. The molecular weight excluding hydrogens is 252 g/mol. The molecule has 0 aromatic carbocycles. The van der Waals surface area contributed by atoms with Crippen LogP contribution in [0.5, 0.6) is 0 Å². The van der Waals surface area contributed by atoms with Crippen molar-refractivity contribution in [2.24, 2.45) is 0 Å². The van der Waals surface area contributed by atoms with E-state index in [0.717, 1.165) is 30.6 Å². The first-order chi connectivity index (χ1) is 8.21. The second-order valence-electron chi connectivity index (χ2n) is 4.15. The van der Waals surface area contributed by atoms with Crippen LogP contribution in [0.2, 0.25) is 0 Å². The van der Waals surface area contributed by atoms with Crippen LogP contribution in [0.4, 0.5) is 0 Å². The quantitative estimate of drug-likeness (QED) is 0.830. The maximum Gasteiger partial charge on any atom is 0.121 e. The summed E-state index contributed by atoms with van der Waals surface area (Å²) in [5.74, 6) is 0.726. The Kier molecular flexibility index (Phi) is 3.89. The smallest absolute Gasteiger partial charge is 0.121 e. The molecule has 2 rings (SSSR count). The van der Waals surface area contributed by atoms with Crippen LogP contribution in [-0.4, -0.2) is 27.0 Å². The lowest BCUT2D eigenvalue weighted by atomic mass is 9.92. The van der Waals surface area contributed by atoms with E-state index < -0.39 is 15.5 Å². The van der Waals surface area contributed by atoms with Crippen molar-refractivity contribution in [3.05, 3.63) is 30.1 Å². The fraction of sp³-hybridized carbons (Fsp3) is 0.500. The molecule has 17 heavy (non-hydrogen) atoms. The molecule has 2 atom stereocenters. The molecule has 0 saturated carbocycles. The standard InChI is InChI=1S/C12H16N2OS2/c1-13-11(16)12(6-2-3-9-17(12)15)10-4-7-14-8-5-10/h4-5,7-8H,2-3,6,9H2,1H3,(H,13,16)/t12-,17?/m1/s1. The number of hydrogen-bond donors (Lipinski definition) is 1. The second-order valence-corrected chi connectivity index (χ2v) is 6.35. The van der Waals surface area contributed by atoms with E-state index in [1.165, 1.54) is 0 Å². The summed E-state index contributed by atoms with van der Waals surface area (Å²) in [5.41, 5.74) is 1.02. The number of likely N-dealkylation sites (N-methyl/N-ethyl adjacent to an activating group) is 1. The minimum absolute atomic E-state index is 0.509. The molecule has 0 spiro atoms. The first-order valence-corrected chi connectivity index (χ1v) is 7.45. The van der Waals surface area contributed by atoms with Gasteiger partial charge in [0.15, 0.2) is 0 Å². The maximum atomic E-state index is 12.5. The van der Waals surface area contributed by atoms with E-state index in [-0.39, 0.29) is 0 Å². The van der Waals surface area contributed by atoms with Gasteiger partial charge in [0, 0.05) is 36.0 Å². The molecule has 1 aromatic heterocycles. The Morgan fingerprint density at radius 3 is 2.76 bits per heavy atom. The van der Waals surface area contributed by atoms with Crippen molar-refractivity contribution in [1.29, 1.82) is 0 Å². The molecular formula is C12H16N2OS2. The topological polar surface area (TPSA) is 42.0 Å². The zero-order valence-corrected chi connectivity index (χ0v) is 11.4. The maximum absolute atomic E-state index is 12.5. The van der Waals surface area contributed by atoms with E-state index in [9.17, 15) is 4.21 Å². The largest absolute Gasteiger partial charge is 0.381 e. The third kappa shape index (κ3) is 2.13. The minimum Gasteiger partial charge on any atom is -0.381 e. The van der Waals surface area contributed by atoms with Crippen molar-refractivity contribution in [1.82, 2.24) is 10.3 Å². The monoisotopic (exact) mass is 268 g/mol.